The molecule has 0 bridgehead atoms. The van der Waals surface area contributed by atoms with Crippen LogP contribution in [0.2, 0.25) is 0 Å². The largest absolute Gasteiger partial charge is 0.494 e. The van der Waals surface area contributed by atoms with E-state index in [1.165, 1.54) is 0 Å². The molecule has 0 spiro atoms. The molecule has 1 amide bonds. The van der Waals surface area contributed by atoms with Gasteiger partial charge in [-0.1, -0.05) is 6.92 Å². The average Bonchev–Trinajstić information content (AvgIpc) is 2.89. The van der Waals surface area contributed by atoms with Gasteiger partial charge in [-0.25, -0.2) is 9.97 Å². The summed E-state index contributed by atoms with van der Waals surface area (Å²) in [4.78, 5) is 22.7. The predicted octanol–water partition coefficient (Wildman–Crippen LogP) is 6.29. The van der Waals surface area contributed by atoms with Crippen molar-refractivity contribution in [3.63, 3.8) is 0 Å². The number of ether oxygens (including phenoxy) is 2. The van der Waals surface area contributed by atoms with Gasteiger partial charge in [0.05, 0.1) is 35.6 Å². The fourth-order valence-electron chi connectivity index (χ4n) is 3.76. The van der Waals surface area contributed by atoms with Crippen molar-refractivity contribution in [1.82, 2.24) is 15.3 Å². The number of fused-ring (bicyclic) bond motifs is 1. The third-order valence-corrected chi connectivity index (χ3v) is 5.79. The molecule has 0 aliphatic heterocycles. The molecule has 0 radical (unpaired) electrons. The first-order valence-electron chi connectivity index (χ1n) is 12.1. The van der Waals surface area contributed by atoms with E-state index in [-0.39, 0.29) is 11.9 Å². The molecule has 0 aliphatic rings. The molecule has 1 aromatic heterocycles. The van der Waals surface area contributed by atoms with Crippen molar-refractivity contribution in [1.29, 1.82) is 0 Å². The monoisotopic (exact) mass is 469 g/mol. The Morgan fingerprint density at radius 3 is 1.77 bits per heavy atom. The minimum Gasteiger partial charge on any atom is -0.494 e. The predicted molar refractivity (Wildman–Crippen MR) is 140 cm³/mol. The van der Waals surface area contributed by atoms with Crippen LogP contribution in [0.1, 0.15) is 44.5 Å². The number of nitrogens with zero attached hydrogens (tertiary/aromatic N) is 2. The van der Waals surface area contributed by atoms with Crippen LogP contribution in [0.25, 0.3) is 33.5 Å². The first-order valence-corrected chi connectivity index (χ1v) is 12.1. The molecular weight excluding hydrogens is 438 g/mol. The summed E-state index contributed by atoms with van der Waals surface area (Å²) in [7, 11) is 0. The van der Waals surface area contributed by atoms with E-state index >= 15 is 0 Å². The van der Waals surface area contributed by atoms with Crippen molar-refractivity contribution in [3.05, 3.63) is 72.3 Å². The van der Waals surface area contributed by atoms with E-state index < -0.39 is 0 Å². The van der Waals surface area contributed by atoms with E-state index in [2.05, 4.69) is 5.32 Å². The highest BCUT2D eigenvalue weighted by Gasteiger charge is 2.16. The SMILES string of the molecule is CCOc1ccc(-c2nc3ccc(C(=O)NC(C)CC)cc3nc2-c2ccc(OCC)cc2)cc1. The van der Waals surface area contributed by atoms with Crippen molar-refractivity contribution in [2.75, 3.05) is 13.2 Å². The van der Waals surface area contributed by atoms with Crippen LogP contribution in [0.4, 0.5) is 0 Å². The third-order valence-electron chi connectivity index (χ3n) is 5.79. The normalized spacial score (nSPS) is 11.8. The molecule has 4 rings (SSSR count). The van der Waals surface area contributed by atoms with E-state index in [1.807, 2.05) is 82.3 Å². The lowest BCUT2D eigenvalue weighted by molar-refractivity contribution is 0.0939. The van der Waals surface area contributed by atoms with Crippen LogP contribution in [0, 0.1) is 0 Å². The topological polar surface area (TPSA) is 73.3 Å². The average molecular weight is 470 g/mol. The van der Waals surface area contributed by atoms with Crippen molar-refractivity contribution in [2.24, 2.45) is 0 Å². The van der Waals surface area contributed by atoms with E-state index in [4.69, 9.17) is 19.4 Å². The molecule has 4 aromatic rings. The van der Waals surface area contributed by atoms with E-state index in [0.717, 1.165) is 46.0 Å². The first kappa shape index (κ1) is 24.2. The molecule has 6 nitrogen and oxygen atoms in total. The van der Waals surface area contributed by atoms with Gasteiger partial charge < -0.3 is 14.8 Å². The van der Waals surface area contributed by atoms with Gasteiger partial charge in [0.2, 0.25) is 0 Å². The molecule has 0 saturated heterocycles. The second kappa shape index (κ2) is 11.0. The van der Waals surface area contributed by atoms with Crippen molar-refractivity contribution in [2.45, 2.75) is 40.2 Å². The van der Waals surface area contributed by atoms with Crippen LogP contribution < -0.4 is 14.8 Å². The number of carbonyl (C=O) groups excluding carboxylic acids is 1. The first-order chi connectivity index (χ1) is 17.0. The number of nitrogens with one attached hydrogen (secondary N) is 1. The quantitative estimate of drug-likeness (QED) is 0.312. The molecular formula is C29H31N3O3. The molecule has 1 N–H and O–H groups in total. The second-order valence-corrected chi connectivity index (χ2v) is 8.32. The second-order valence-electron chi connectivity index (χ2n) is 8.32. The van der Waals surface area contributed by atoms with Gasteiger partial charge in [-0.3, -0.25) is 4.79 Å². The van der Waals surface area contributed by atoms with Gasteiger partial charge in [0, 0.05) is 22.7 Å². The standard InChI is InChI=1S/C29H31N3O3/c1-5-19(4)30-29(33)22-12-17-25-26(18-22)32-28(21-10-15-24(16-11-21)35-7-3)27(31-25)20-8-13-23(14-9-20)34-6-2/h8-19H,5-7H2,1-4H3,(H,30,33). The lowest BCUT2D eigenvalue weighted by atomic mass is 10.0. The molecule has 3 aromatic carbocycles. The minimum atomic E-state index is -0.110. The summed E-state index contributed by atoms with van der Waals surface area (Å²) in [6.45, 7) is 9.17. The highest BCUT2D eigenvalue weighted by Crippen LogP contribution is 2.33. The zero-order valence-corrected chi connectivity index (χ0v) is 20.7. The summed E-state index contributed by atoms with van der Waals surface area (Å²) in [6.07, 6.45) is 0.868. The Balaban J connectivity index is 1.82. The number of rotatable bonds is 9. The van der Waals surface area contributed by atoms with Gasteiger partial charge in [-0.2, -0.15) is 0 Å². The molecule has 1 atom stereocenters. The highest BCUT2D eigenvalue weighted by molar-refractivity contribution is 5.98. The number of aromatic nitrogens is 2. The molecule has 0 fully saturated rings. The molecule has 1 unspecified atom stereocenters. The number of hydrogen-bond acceptors (Lipinski definition) is 5. The molecule has 35 heavy (non-hydrogen) atoms. The van der Waals surface area contributed by atoms with Crippen LogP contribution in [0.15, 0.2) is 66.7 Å². The Morgan fingerprint density at radius 2 is 1.29 bits per heavy atom. The van der Waals surface area contributed by atoms with Crippen LogP contribution in [0.5, 0.6) is 11.5 Å². The molecule has 180 valence electrons. The van der Waals surface area contributed by atoms with E-state index in [1.54, 1.807) is 12.1 Å². The lowest BCUT2D eigenvalue weighted by Gasteiger charge is -2.14. The maximum absolute atomic E-state index is 12.7. The summed E-state index contributed by atoms with van der Waals surface area (Å²) in [5.74, 6) is 1.50. The zero-order chi connectivity index (χ0) is 24.8. The van der Waals surface area contributed by atoms with E-state index in [9.17, 15) is 4.79 Å². The Bertz CT molecular complexity index is 1300. The van der Waals surface area contributed by atoms with Gasteiger partial charge in [-0.05, 0) is 93.9 Å². The van der Waals surface area contributed by atoms with Crippen LogP contribution in [0.3, 0.4) is 0 Å². The Morgan fingerprint density at radius 1 is 0.771 bits per heavy atom. The number of hydrogen-bond donors (Lipinski definition) is 1. The number of carbonyl (C=O) groups is 1. The Hall–Kier alpha value is -3.93. The van der Waals surface area contributed by atoms with E-state index in [0.29, 0.717) is 24.3 Å². The maximum atomic E-state index is 12.7. The molecule has 6 heteroatoms. The lowest BCUT2D eigenvalue weighted by Crippen LogP contribution is -2.31. The maximum Gasteiger partial charge on any atom is 0.251 e. The third kappa shape index (κ3) is 5.60. The van der Waals surface area contributed by atoms with Crippen molar-refractivity contribution < 1.29 is 14.3 Å². The van der Waals surface area contributed by atoms with Crippen molar-refractivity contribution in [3.8, 4) is 34.0 Å². The summed E-state index contributed by atoms with van der Waals surface area (Å²) >= 11 is 0. The van der Waals surface area contributed by atoms with Gasteiger partial charge >= 0.3 is 0 Å². The smallest absolute Gasteiger partial charge is 0.251 e. The summed E-state index contributed by atoms with van der Waals surface area (Å²) in [5.41, 5.74) is 5.32. The molecule has 0 saturated carbocycles. The minimum absolute atomic E-state index is 0.103. The summed E-state index contributed by atoms with van der Waals surface area (Å²) in [6, 6.07) is 21.3. The van der Waals surface area contributed by atoms with Crippen LogP contribution >= 0.6 is 0 Å². The number of amides is 1. The summed E-state index contributed by atoms with van der Waals surface area (Å²) in [5, 5.41) is 3.01. The Labute approximate surface area is 206 Å². The number of benzene rings is 3. The Kier molecular flexibility index (Phi) is 7.60. The van der Waals surface area contributed by atoms with Crippen LogP contribution in [-0.2, 0) is 0 Å². The fourth-order valence-corrected chi connectivity index (χ4v) is 3.76. The fraction of sp³-hybridized carbons (Fsp3) is 0.276. The van der Waals surface area contributed by atoms with Crippen LogP contribution in [-0.4, -0.2) is 35.1 Å². The molecule has 0 aliphatic carbocycles. The van der Waals surface area contributed by atoms with Gasteiger partial charge in [0.15, 0.2) is 0 Å². The summed E-state index contributed by atoms with van der Waals surface area (Å²) < 4.78 is 11.2. The van der Waals surface area contributed by atoms with Gasteiger partial charge in [-0.15, -0.1) is 0 Å². The van der Waals surface area contributed by atoms with Crippen molar-refractivity contribution >= 4 is 16.9 Å². The molecule has 1 heterocycles. The van der Waals surface area contributed by atoms with Gasteiger partial charge in [0.1, 0.15) is 11.5 Å². The zero-order valence-electron chi connectivity index (χ0n) is 20.7. The van der Waals surface area contributed by atoms with Gasteiger partial charge in [0.25, 0.3) is 5.91 Å². The highest BCUT2D eigenvalue weighted by atomic mass is 16.5.